The molecule has 0 bridgehead atoms. The van der Waals surface area contributed by atoms with Crippen LogP contribution in [0, 0.1) is 5.41 Å². The number of hydrogen-bond donors (Lipinski definition) is 3. The maximum Gasteiger partial charge on any atom is 0.199 e. The lowest BCUT2D eigenvalue weighted by Gasteiger charge is -2.17. The Morgan fingerprint density at radius 1 is 1.14 bits per heavy atom. The van der Waals surface area contributed by atoms with Gasteiger partial charge >= 0.3 is 0 Å². The van der Waals surface area contributed by atoms with Gasteiger partial charge in [0.1, 0.15) is 11.5 Å². The molecule has 1 aliphatic carbocycles. The summed E-state index contributed by atoms with van der Waals surface area (Å²) < 4.78 is 0. The van der Waals surface area contributed by atoms with E-state index in [-0.39, 0.29) is 40.3 Å². The second-order valence-electron chi connectivity index (χ2n) is 5.07. The summed E-state index contributed by atoms with van der Waals surface area (Å²) in [5.74, 6) is -1.94. The summed E-state index contributed by atoms with van der Waals surface area (Å²) in [4.78, 5) is 24.4. The summed E-state index contributed by atoms with van der Waals surface area (Å²) >= 11 is 0. The van der Waals surface area contributed by atoms with Gasteiger partial charge in [-0.25, -0.2) is 0 Å². The van der Waals surface area contributed by atoms with Gasteiger partial charge in [-0.2, -0.15) is 0 Å². The highest BCUT2D eigenvalue weighted by atomic mass is 16.3. The number of Topliss-reactive ketones (excluding diaryl/α,β-unsaturated/α-hetero) is 1. The van der Waals surface area contributed by atoms with Crippen LogP contribution in [0.15, 0.2) is 35.4 Å². The van der Waals surface area contributed by atoms with Crippen molar-refractivity contribution in [3.05, 3.63) is 46.6 Å². The van der Waals surface area contributed by atoms with Crippen molar-refractivity contribution >= 4 is 17.3 Å². The average molecular weight is 285 g/mol. The number of hydrogen-bond acceptors (Lipinski definition) is 5. The van der Waals surface area contributed by atoms with Crippen molar-refractivity contribution < 1.29 is 19.8 Å². The Labute approximate surface area is 121 Å². The summed E-state index contributed by atoms with van der Waals surface area (Å²) in [6.07, 6.45) is 3.05. The molecule has 5 nitrogen and oxygen atoms in total. The van der Waals surface area contributed by atoms with Crippen molar-refractivity contribution in [3.63, 3.8) is 0 Å². The van der Waals surface area contributed by atoms with Crippen LogP contribution in [-0.2, 0) is 0 Å². The Balaban J connectivity index is 2.49. The van der Waals surface area contributed by atoms with Crippen molar-refractivity contribution in [2.45, 2.75) is 20.3 Å². The fourth-order valence-corrected chi connectivity index (χ4v) is 2.10. The van der Waals surface area contributed by atoms with Crippen LogP contribution < -0.4 is 0 Å². The maximum absolute atomic E-state index is 12.4. The lowest BCUT2D eigenvalue weighted by molar-refractivity contribution is 0.0984. The number of phenolic OH excluding ortho intramolecular Hbond substituents is 2. The number of aromatic hydroxyl groups is 2. The molecule has 0 fully saturated rings. The van der Waals surface area contributed by atoms with Crippen molar-refractivity contribution in [3.8, 4) is 11.5 Å². The van der Waals surface area contributed by atoms with Gasteiger partial charge in [-0.1, -0.05) is 11.6 Å². The molecule has 0 aliphatic heterocycles. The number of allylic oxidation sites excluding steroid dienone is 4. The van der Waals surface area contributed by atoms with Crippen LogP contribution in [0.25, 0.3) is 0 Å². The quantitative estimate of drug-likeness (QED) is 0.452. The SMILES string of the molecule is CC(C)=CCC(=N)C1=CC(=O)c2c(O)ccc(O)c2C1=O. The van der Waals surface area contributed by atoms with E-state index in [2.05, 4.69) is 0 Å². The Morgan fingerprint density at radius 2 is 1.71 bits per heavy atom. The fraction of sp³-hybridized carbons (Fsp3) is 0.188. The monoisotopic (exact) mass is 285 g/mol. The number of nitrogens with one attached hydrogen (secondary N) is 1. The first-order valence-corrected chi connectivity index (χ1v) is 6.39. The summed E-state index contributed by atoms with van der Waals surface area (Å²) in [7, 11) is 0. The lowest BCUT2D eigenvalue weighted by atomic mass is 9.85. The van der Waals surface area contributed by atoms with E-state index in [1.165, 1.54) is 0 Å². The number of fused-ring (bicyclic) bond motifs is 1. The number of phenols is 2. The molecule has 0 atom stereocenters. The van der Waals surface area contributed by atoms with Crippen molar-refractivity contribution in [1.29, 1.82) is 5.41 Å². The smallest absolute Gasteiger partial charge is 0.199 e. The first-order valence-electron chi connectivity index (χ1n) is 6.39. The van der Waals surface area contributed by atoms with E-state index in [9.17, 15) is 19.8 Å². The zero-order valence-electron chi connectivity index (χ0n) is 11.7. The molecule has 3 N–H and O–H groups in total. The van der Waals surface area contributed by atoms with Crippen LogP contribution in [0.3, 0.4) is 0 Å². The summed E-state index contributed by atoms with van der Waals surface area (Å²) in [6, 6.07) is 2.31. The molecule has 108 valence electrons. The highest BCUT2D eigenvalue weighted by Gasteiger charge is 2.32. The second kappa shape index (κ2) is 5.36. The largest absolute Gasteiger partial charge is 0.507 e. The van der Waals surface area contributed by atoms with E-state index in [0.29, 0.717) is 0 Å². The van der Waals surface area contributed by atoms with E-state index in [1.54, 1.807) is 6.08 Å². The van der Waals surface area contributed by atoms with Gasteiger partial charge in [0, 0.05) is 17.7 Å². The van der Waals surface area contributed by atoms with Gasteiger partial charge in [0.25, 0.3) is 0 Å². The number of carbonyl (C=O) groups is 2. The van der Waals surface area contributed by atoms with E-state index in [1.807, 2.05) is 13.8 Å². The van der Waals surface area contributed by atoms with Crippen LogP contribution in [0.1, 0.15) is 41.0 Å². The Hall–Kier alpha value is -2.69. The molecular weight excluding hydrogens is 270 g/mol. The predicted octanol–water partition coefficient (Wildman–Crippen LogP) is 2.78. The third-order valence-corrected chi connectivity index (χ3v) is 3.19. The molecule has 0 amide bonds. The molecule has 2 rings (SSSR count). The van der Waals surface area contributed by atoms with Gasteiger partial charge in [-0.3, -0.25) is 9.59 Å². The average Bonchev–Trinajstić information content (AvgIpc) is 2.42. The molecule has 0 aromatic heterocycles. The minimum absolute atomic E-state index is 0.00272. The number of carbonyl (C=O) groups excluding carboxylic acids is 2. The third kappa shape index (κ3) is 2.63. The molecule has 1 aromatic carbocycles. The zero-order chi connectivity index (χ0) is 15.7. The highest BCUT2D eigenvalue weighted by Crippen LogP contribution is 2.35. The minimum atomic E-state index is -0.620. The van der Waals surface area contributed by atoms with Crippen LogP contribution in [0.4, 0.5) is 0 Å². The molecule has 5 heteroatoms. The van der Waals surface area contributed by atoms with Crippen LogP contribution in [-0.4, -0.2) is 27.5 Å². The number of benzene rings is 1. The highest BCUT2D eigenvalue weighted by molar-refractivity contribution is 6.36. The first-order chi connectivity index (χ1) is 9.82. The summed E-state index contributed by atoms with van der Waals surface area (Å²) in [5.41, 5.74) is 0.503. The molecule has 1 aliphatic rings. The van der Waals surface area contributed by atoms with Gasteiger partial charge < -0.3 is 15.6 Å². The van der Waals surface area contributed by atoms with Crippen LogP contribution in [0.2, 0.25) is 0 Å². The first kappa shape index (κ1) is 14.7. The lowest BCUT2D eigenvalue weighted by Crippen LogP contribution is -2.22. The van der Waals surface area contributed by atoms with E-state index in [0.717, 1.165) is 23.8 Å². The van der Waals surface area contributed by atoms with Crippen molar-refractivity contribution in [2.75, 3.05) is 0 Å². The van der Waals surface area contributed by atoms with E-state index < -0.39 is 11.6 Å². The van der Waals surface area contributed by atoms with Gasteiger partial charge in [0.15, 0.2) is 11.6 Å². The standard InChI is InChI=1S/C16H15NO4/c1-8(2)3-4-10(17)9-7-13(20)14-11(18)5-6-12(19)15(14)16(9)21/h3,5-7,17-19H,4H2,1-2H3. The predicted molar refractivity (Wildman–Crippen MR) is 78.3 cm³/mol. The molecule has 0 heterocycles. The molecular formula is C16H15NO4. The van der Waals surface area contributed by atoms with E-state index >= 15 is 0 Å². The number of ketones is 2. The third-order valence-electron chi connectivity index (χ3n) is 3.19. The molecule has 21 heavy (non-hydrogen) atoms. The molecule has 0 saturated heterocycles. The maximum atomic E-state index is 12.4. The zero-order valence-corrected chi connectivity index (χ0v) is 11.7. The van der Waals surface area contributed by atoms with Crippen LogP contribution >= 0.6 is 0 Å². The van der Waals surface area contributed by atoms with Gasteiger partial charge in [0.2, 0.25) is 0 Å². The van der Waals surface area contributed by atoms with Crippen molar-refractivity contribution in [1.82, 2.24) is 0 Å². The van der Waals surface area contributed by atoms with Crippen molar-refractivity contribution in [2.24, 2.45) is 0 Å². The molecule has 0 spiro atoms. The molecule has 0 radical (unpaired) electrons. The summed E-state index contributed by atoms with van der Waals surface area (Å²) in [6.45, 7) is 3.74. The topological polar surface area (TPSA) is 98.5 Å². The Kier molecular flexibility index (Phi) is 3.76. The van der Waals surface area contributed by atoms with Gasteiger partial charge in [0.05, 0.1) is 11.1 Å². The van der Waals surface area contributed by atoms with Gasteiger partial charge in [-0.15, -0.1) is 0 Å². The molecule has 0 saturated carbocycles. The minimum Gasteiger partial charge on any atom is -0.507 e. The summed E-state index contributed by atoms with van der Waals surface area (Å²) in [5, 5.41) is 27.4. The number of rotatable bonds is 3. The van der Waals surface area contributed by atoms with Gasteiger partial charge in [-0.05, 0) is 32.1 Å². The van der Waals surface area contributed by atoms with E-state index in [4.69, 9.17) is 5.41 Å². The Morgan fingerprint density at radius 3 is 2.29 bits per heavy atom. The van der Waals surface area contributed by atoms with Crippen LogP contribution in [0.5, 0.6) is 11.5 Å². The molecule has 0 unspecified atom stereocenters. The Bertz CT molecular complexity index is 722. The molecule has 1 aromatic rings. The fourth-order valence-electron chi connectivity index (χ4n) is 2.10. The normalized spacial score (nSPS) is 13.5. The second-order valence-corrected chi connectivity index (χ2v) is 5.07.